The number of piperidine rings is 1. The summed E-state index contributed by atoms with van der Waals surface area (Å²) >= 11 is 0. The maximum Gasteiger partial charge on any atom is 0.257 e. The monoisotopic (exact) mass is 331 g/mol. The van der Waals surface area contributed by atoms with Gasteiger partial charge in [-0.05, 0) is 37.0 Å². The molecule has 0 bridgehead atoms. The summed E-state index contributed by atoms with van der Waals surface area (Å²) in [5, 5.41) is 2.45. The molecule has 0 saturated carbocycles. The van der Waals surface area contributed by atoms with E-state index < -0.39 is 17.5 Å². The average Bonchev–Trinajstić information content (AvgIpc) is 2.57. The van der Waals surface area contributed by atoms with Crippen LogP contribution in [-0.2, 0) is 0 Å². The SMILES string of the molecule is CC1CCCN(c2cncc(C(=O)Nc3ccc(F)cc3F)c2)C1. The van der Waals surface area contributed by atoms with Gasteiger partial charge in [-0.15, -0.1) is 0 Å². The molecule has 1 aromatic carbocycles. The minimum atomic E-state index is -0.808. The summed E-state index contributed by atoms with van der Waals surface area (Å²) in [7, 11) is 0. The van der Waals surface area contributed by atoms with Crippen molar-refractivity contribution >= 4 is 17.3 Å². The molecule has 0 aliphatic carbocycles. The van der Waals surface area contributed by atoms with Crippen LogP contribution in [0.3, 0.4) is 0 Å². The smallest absolute Gasteiger partial charge is 0.257 e. The second kappa shape index (κ2) is 6.95. The lowest BCUT2D eigenvalue weighted by Gasteiger charge is -2.32. The van der Waals surface area contributed by atoms with E-state index in [0.717, 1.165) is 37.3 Å². The van der Waals surface area contributed by atoms with Crippen LogP contribution in [0.15, 0.2) is 36.7 Å². The summed E-state index contributed by atoms with van der Waals surface area (Å²) in [5.41, 5.74) is 1.17. The summed E-state index contributed by atoms with van der Waals surface area (Å²) in [6, 6.07) is 4.79. The lowest BCUT2D eigenvalue weighted by molar-refractivity contribution is 0.102. The number of amides is 1. The summed E-state index contributed by atoms with van der Waals surface area (Å²) in [4.78, 5) is 18.7. The number of nitrogens with zero attached hydrogens (tertiary/aromatic N) is 2. The number of benzene rings is 1. The van der Waals surface area contributed by atoms with Gasteiger partial charge in [-0.25, -0.2) is 8.78 Å². The number of pyridine rings is 1. The number of aromatic nitrogens is 1. The molecule has 4 nitrogen and oxygen atoms in total. The number of hydrogen-bond acceptors (Lipinski definition) is 3. The molecule has 24 heavy (non-hydrogen) atoms. The zero-order chi connectivity index (χ0) is 17.1. The van der Waals surface area contributed by atoms with E-state index in [4.69, 9.17) is 0 Å². The molecule has 1 aliphatic rings. The summed E-state index contributed by atoms with van der Waals surface area (Å²) in [5.74, 6) is -1.37. The van der Waals surface area contributed by atoms with E-state index in [-0.39, 0.29) is 5.69 Å². The molecule has 1 aromatic heterocycles. The Hall–Kier alpha value is -2.50. The molecule has 1 fully saturated rings. The number of hydrogen-bond donors (Lipinski definition) is 1. The topological polar surface area (TPSA) is 45.2 Å². The highest BCUT2D eigenvalue weighted by molar-refractivity contribution is 6.04. The Bertz CT molecular complexity index is 751. The van der Waals surface area contributed by atoms with Crippen LogP contribution in [0.5, 0.6) is 0 Å². The normalized spacial score (nSPS) is 17.6. The highest BCUT2D eigenvalue weighted by Gasteiger charge is 2.18. The number of halogens is 2. The quantitative estimate of drug-likeness (QED) is 0.929. The lowest BCUT2D eigenvalue weighted by Crippen LogP contribution is -2.34. The van der Waals surface area contributed by atoms with Gasteiger partial charge in [-0.2, -0.15) is 0 Å². The number of carbonyl (C=O) groups is 1. The van der Waals surface area contributed by atoms with Crippen molar-refractivity contribution < 1.29 is 13.6 Å². The van der Waals surface area contributed by atoms with Crippen molar-refractivity contribution in [2.75, 3.05) is 23.3 Å². The highest BCUT2D eigenvalue weighted by atomic mass is 19.1. The van der Waals surface area contributed by atoms with Gasteiger partial charge in [0.1, 0.15) is 11.6 Å². The fourth-order valence-electron chi connectivity index (χ4n) is 2.93. The van der Waals surface area contributed by atoms with E-state index >= 15 is 0 Å². The molecule has 0 radical (unpaired) electrons. The Morgan fingerprint density at radius 1 is 1.29 bits per heavy atom. The van der Waals surface area contributed by atoms with E-state index in [1.165, 1.54) is 18.7 Å². The molecule has 3 rings (SSSR count). The number of rotatable bonds is 3. The van der Waals surface area contributed by atoms with Gasteiger partial charge in [0.2, 0.25) is 0 Å². The molecule has 2 heterocycles. The Morgan fingerprint density at radius 2 is 2.12 bits per heavy atom. The van der Waals surface area contributed by atoms with Gasteiger partial charge in [0.05, 0.1) is 23.1 Å². The van der Waals surface area contributed by atoms with Gasteiger partial charge in [-0.1, -0.05) is 6.92 Å². The molecule has 1 aliphatic heterocycles. The van der Waals surface area contributed by atoms with Crippen LogP contribution in [0.25, 0.3) is 0 Å². The van der Waals surface area contributed by atoms with Crippen molar-refractivity contribution in [3.05, 3.63) is 53.9 Å². The molecule has 1 N–H and O–H groups in total. The van der Waals surface area contributed by atoms with Crippen LogP contribution in [0.1, 0.15) is 30.1 Å². The largest absolute Gasteiger partial charge is 0.370 e. The predicted molar refractivity (Wildman–Crippen MR) is 89.2 cm³/mol. The molecule has 1 unspecified atom stereocenters. The fourth-order valence-corrected chi connectivity index (χ4v) is 2.93. The first kappa shape index (κ1) is 16.4. The van der Waals surface area contributed by atoms with Crippen LogP contribution in [0.2, 0.25) is 0 Å². The molecule has 1 saturated heterocycles. The molecular weight excluding hydrogens is 312 g/mol. The predicted octanol–water partition coefficient (Wildman–Crippen LogP) is 3.85. The van der Waals surface area contributed by atoms with Gasteiger partial charge in [0, 0.05) is 25.4 Å². The third kappa shape index (κ3) is 3.69. The van der Waals surface area contributed by atoms with Crippen LogP contribution < -0.4 is 10.2 Å². The van der Waals surface area contributed by atoms with Crippen LogP contribution in [-0.4, -0.2) is 24.0 Å². The maximum atomic E-state index is 13.7. The van der Waals surface area contributed by atoms with Gasteiger partial charge >= 0.3 is 0 Å². The average molecular weight is 331 g/mol. The molecule has 126 valence electrons. The first-order chi connectivity index (χ1) is 11.5. The summed E-state index contributed by atoms with van der Waals surface area (Å²) in [6.45, 7) is 4.07. The van der Waals surface area contributed by atoms with E-state index in [1.807, 2.05) is 0 Å². The van der Waals surface area contributed by atoms with Crippen LogP contribution >= 0.6 is 0 Å². The first-order valence-corrected chi connectivity index (χ1v) is 7.99. The van der Waals surface area contributed by atoms with Gasteiger partial charge in [-0.3, -0.25) is 9.78 Å². The van der Waals surface area contributed by atoms with Crippen LogP contribution in [0, 0.1) is 17.6 Å². The Kier molecular flexibility index (Phi) is 4.74. The van der Waals surface area contributed by atoms with Crippen LogP contribution in [0.4, 0.5) is 20.2 Å². The molecule has 1 amide bonds. The Labute approximate surface area is 139 Å². The molecule has 0 spiro atoms. The standard InChI is InChI=1S/C18H19F2N3O/c1-12-3-2-6-23(11-12)15-7-13(9-21-10-15)18(24)22-17-5-4-14(19)8-16(17)20/h4-5,7-10,12H,2-3,6,11H2,1H3,(H,22,24). The van der Waals surface area contributed by atoms with E-state index in [0.29, 0.717) is 11.5 Å². The van der Waals surface area contributed by atoms with Crippen molar-refractivity contribution in [2.24, 2.45) is 5.92 Å². The molecule has 2 aromatic rings. The molecule has 6 heteroatoms. The molecular formula is C18H19F2N3O. The van der Waals surface area contributed by atoms with Gasteiger partial charge in [0.25, 0.3) is 5.91 Å². The zero-order valence-electron chi connectivity index (χ0n) is 13.4. The van der Waals surface area contributed by atoms with E-state index in [1.54, 1.807) is 12.3 Å². The number of nitrogens with one attached hydrogen (secondary N) is 1. The minimum Gasteiger partial charge on any atom is -0.370 e. The Balaban J connectivity index is 1.76. The third-order valence-electron chi connectivity index (χ3n) is 4.19. The first-order valence-electron chi connectivity index (χ1n) is 7.99. The zero-order valence-corrected chi connectivity index (χ0v) is 13.4. The van der Waals surface area contributed by atoms with Crippen molar-refractivity contribution in [3.63, 3.8) is 0 Å². The summed E-state index contributed by atoms with van der Waals surface area (Å²) in [6.07, 6.45) is 5.48. The van der Waals surface area contributed by atoms with Crippen molar-refractivity contribution in [2.45, 2.75) is 19.8 Å². The Morgan fingerprint density at radius 3 is 2.88 bits per heavy atom. The van der Waals surface area contributed by atoms with Gasteiger partial charge < -0.3 is 10.2 Å². The number of anilines is 2. The van der Waals surface area contributed by atoms with Gasteiger partial charge in [0.15, 0.2) is 0 Å². The molecule has 1 atom stereocenters. The summed E-state index contributed by atoms with van der Waals surface area (Å²) < 4.78 is 26.6. The highest BCUT2D eigenvalue weighted by Crippen LogP contribution is 2.23. The maximum absolute atomic E-state index is 13.7. The third-order valence-corrected chi connectivity index (χ3v) is 4.19. The van der Waals surface area contributed by atoms with Crippen molar-refractivity contribution in [1.29, 1.82) is 0 Å². The fraction of sp³-hybridized carbons (Fsp3) is 0.333. The number of carbonyl (C=O) groups excluding carboxylic acids is 1. The van der Waals surface area contributed by atoms with E-state index in [2.05, 4.69) is 22.1 Å². The van der Waals surface area contributed by atoms with Crippen molar-refractivity contribution in [3.8, 4) is 0 Å². The van der Waals surface area contributed by atoms with E-state index in [9.17, 15) is 13.6 Å². The lowest BCUT2D eigenvalue weighted by atomic mass is 10.00. The second-order valence-electron chi connectivity index (χ2n) is 6.20. The minimum absolute atomic E-state index is 0.0570. The second-order valence-corrected chi connectivity index (χ2v) is 6.20. The van der Waals surface area contributed by atoms with Crippen molar-refractivity contribution in [1.82, 2.24) is 4.98 Å².